The van der Waals surface area contributed by atoms with E-state index >= 15 is 0 Å². The molecule has 150 valence electrons. The molecule has 0 N–H and O–H groups in total. The van der Waals surface area contributed by atoms with Gasteiger partial charge in [-0.3, -0.25) is 0 Å². The van der Waals surface area contributed by atoms with Crippen LogP contribution in [0.25, 0.3) is 11.1 Å². The van der Waals surface area contributed by atoms with Crippen molar-refractivity contribution in [2.75, 3.05) is 6.61 Å². The highest BCUT2D eigenvalue weighted by molar-refractivity contribution is 9.08. The summed E-state index contributed by atoms with van der Waals surface area (Å²) in [6.45, 7) is 11.6. The van der Waals surface area contributed by atoms with Crippen molar-refractivity contribution in [3.63, 3.8) is 0 Å². The number of fused-ring (bicyclic) bond motifs is 1. The Morgan fingerprint density at radius 1 is 1.07 bits per heavy atom. The van der Waals surface area contributed by atoms with Crippen molar-refractivity contribution in [1.29, 1.82) is 0 Å². The lowest BCUT2D eigenvalue weighted by Gasteiger charge is -2.39. The van der Waals surface area contributed by atoms with Crippen LogP contribution in [0, 0.1) is 0 Å². The van der Waals surface area contributed by atoms with Crippen molar-refractivity contribution < 1.29 is 13.6 Å². The van der Waals surface area contributed by atoms with Crippen molar-refractivity contribution in [3.8, 4) is 6.08 Å². The Labute approximate surface area is 176 Å². The molecule has 3 aromatic rings. The van der Waals surface area contributed by atoms with Crippen LogP contribution in [0.3, 0.4) is 0 Å². The third-order valence-corrected chi connectivity index (χ3v) is 10.5. The maximum Gasteiger partial charge on any atom is 0.394 e. The molecule has 4 nitrogen and oxygen atoms in total. The van der Waals surface area contributed by atoms with Crippen LogP contribution >= 0.6 is 15.9 Å². The SMILES string of the molecule is CC(C)(C)[Si](C)(C)OC(COc1nc2ccccc2o1)c1ccc(CBr)cc1. The molecular formula is C22H28BrNO3Si. The van der Waals surface area contributed by atoms with Crippen LogP contribution in [0.1, 0.15) is 38.0 Å². The van der Waals surface area contributed by atoms with Gasteiger partial charge in [-0.15, -0.1) is 0 Å². The zero-order valence-corrected chi connectivity index (χ0v) is 19.7. The Morgan fingerprint density at radius 2 is 1.75 bits per heavy atom. The Morgan fingerprint density at radius 3 is 2.36 bits per heavy atom. The molecule has 1 atom stereocenters. The minimum Gasteiger partial charge on any atom is -0.447 e. The molecule has 0 amide bonds. The van der Waals surface area contributed by atoms with Gasteiger partial charge in [0.05, 0.1) is 0 Å². The van der Waals surface area contributed by atoms with Crippen molar-refractivity contribution in [2.24, 2.45) is 0 Å². The van der Waals surface area contributed by atoms with Gasteiger partial charge in [-0.05, 0) is 41.4 Å². The van der Waals surface area contributed by atoms with Gasteiger partial charge >= 0.3 is 6.08 Å². The summed E-state index contributed by atoms with van der Waals surface area (Å²) < 4.78 is 18.3. The third kappa shape index (κ3) is 4.85. The number of hydrogen-bond acceptors (Lipinski definition) is 4. The number of oxazole rings is 1. The molecule has 0 aliphatic rings. The van der Waals surface area contributed by atoms with Gasteiger partial charge in [-0.1, -0.05) is 73.1 Å². The molecule has 1 heterocycles. The first-order valence-corrected chi connectivity index (χ1v) is 13.5. The number of aromatic nitrogens is 1. The average Bonchev–Trinajstić information content (AvgIpc) is 3.07. The fourth-order valence-electron chi connectivity index (χ4n) is 2.61. The molecule has 0 aliphatic heterocycles. The summed E-state index contributed by atoms with van der Waals surface area (Å²) in [5, 5.41) is 0.944. The van der Waals surface area contributed by atoms with Gasteiger partial charge in [-0.2, -0.15) is 4.98 Å². The summed E-state index contributed by atoms with van der Waals surface area (Å²) in [6, 6.07) is 16.1. The number of nitrogens with zero attached hydrogens (tertiary/aromatic N) is 1. The van der Waals surface area contributed by atoms with Gasteiger partial charge in [0, 0.05) is 5.33 Å². The lowest BCUT2D eigenvalue weighted by atomic mass is 10.1. The molecule has 1 aromatic heterocycles. The summed E-state index contributed by atoms with van der Waals surface area (Å²) in [5.74, 6) is 0. The molecule has 0 saturated heterocycles. The predicted molar refractivity (Wildman–Crippen MR) is 120 cm³/mol. The Kier molecular flexibility index (Phi) is 6.32. The van der Waals surface area contributed by atoms with Crippen LogP contribution in [0.15, 0.2) is 52.9 Å². The highest BCUT2D eigenvalue weighted by Crippen LogP contribution is 2.40. The van der Waals surface area contributed by atoms with Crippen molar-refractivity contribution in [1.82, 2.24) is 4.98 Å². The fraction of sp³-hybridized carbons (Fsp3) is 0.409. The van der Waals surface area contributed by atoms with E-state index in [1.54, 1.807) is 0 Å². The summed E-state index contributed by atoms with van der Waals surface area (Å²) in [5.41, 5.74) is 3.85. The van der Waals surface area contributed by atoms with Gasteiger partial charge in [0.2, 0.25) is 0 Å². The third-order valence-electron chi connectivity index (χ3n) is 5.38. The minimum atomic E-state index is -1.98. The Balaban J connectivity index is 1.82. The first-order valence-electron chi connectivity index (χ1n) is 9.50. The normalized spacial score (nSPS) is 13.6. The van der Waals surface area contributed by atoms with E-state index < -0.39 is 8.32 Å². The zero-order chi connectivity index (χ0) is 20.4. The highest BCUT2D eigenvalue weighted by atomic mass is 79.9. The van der Waals surface area contributed by atoms with Crippen LogP contribution < -0.4 is 4.74 Å². The van der Waals surface area contributed by atoms with Crippen LogP contribution in [0.2, 0.25) is 18.1 Å². The topological polar surface area (TPSA) is 44.5 Å². The number of hydrogen-bond donors (Lipinski definition) is 0. The standard InChI is InChI=1S/C22H28BrNO3Si/c1-22(2,3)28(4,5)27-20(17-12-10-16(14-23)11-13-17)15-25-21-24-18-8-6-7-9-19(18)26-21/h6-13,20H,14-15H2,1-5H3. The van der Waals surface area contributed by atoms with Crippen LogP contribution in [0.5, 0.6) is 6.08 Å². The van der Waals surface area contributed by atoms with E-state index in [0.29, 0.717) is 6.61 Å². The van der Waals surface area contributed by atoms with E-state index in [1.165, 1.54) is 5.56 Å². The average molecular weight is 462 g/mol. The first-order chi connectivity index (χ1) is 13.2. The molecule has 0 fully saturated rings. The molecule has 0 spiro atoms. The minimum absolute atomic E-state index is 0.110. The Bertz CT molecular complexity index is 882. The maximum atomic E-state index is 6.69. The van der Waals surface area contributed by atoms with Gasteiger partial charge in [-0.25, -0.2) is 0 Å². The molecule has 0 bridgehead atoms. The van der Waals surface area contributed by atoms with Gasteiger partial charge in [0.25, 0.3) is 0 Å². The zero-order valence-electron chi connectivity index (χ0n) is 17.2. The largest absolute Gasteiger partial charge is 0.447 e. The number of benzene rings is 2. The smallest absolute Gasteiger partial charge is 0.394 e. The summed E-state index contributed by atoms with van der Waals surface area (Å²) in [4.78, 5) is 4.41. The molecule has 0 saturated carbocycles. The predicted octanol–water partition coefficient (Wildman–Crippen LogP) is 6.86. The van der Waals surface area contributed by atoms with Crippen LogP contribution in [-0.4, -0.2) is 19.9 Å². The number of rotatable bonds is 7. The molecule has 28 heavy (non-hydrogen) atoms. The number of para-hydroxylation sites is 2. The van der Waals surface area contributed by atoms with Gasteiger partial charge in [0.1, 0.15) is 18.2 Å². The molecule has 1 unspecified atom stereocenters. The van der Waals surface area contributed by atoms with E-state index in [1.807, 2.05) is 24.3 Å². The molecule has 0 radical (unpaired) electrons. The second-order valence-corrected chi connectivity index (χ2v) is 13.8. The van der Waals surface area contributed by atoms with Gasteiger partial charge < -0.3 is 13.6 Å². The van der Waals surface area contributed by atoms with Crippen molar-refractivity contribution >= 4 is 35.3 Å². The van der Waals surface area contributed by atoms with Crippen LogP contribution in [0.4, 0.5) is 0 Å². The Hall–Kier alpha value is -1.63. The van der Waals surface area contributed by atoms with E-state index in [4.69, 9.17) is 13.6 Å². The van der Waals surface area contributed by atoms with Crippen molar-refractivity contribution in [2.45, 2.75) is 50.3 Å². The number of ether oxygens (including phenoxy) is 1. The molecule has 6 heteroatoms. The van der Waals surface area contributed by atoms with E-state index in [-0.39, 0.29) is 17.2 Å². The molecular weight excluding hydrogens is 434 g/mol. The summed E-state index contributed by atoms with van der Waals surface area (Å²) in [7, 11) is -1.98. The summed E-state index contributed by atoms with van der Waals surface area (Å²) in [6.07, 6.45) is 0.0994. The van der Waals surface area contributed by atoms with Crippen LogP contribution in [-0.2, 0) is 9.76 Å². The lowest BCUT2D eigenvalue weighted by Crippen LogP contribution is -2.42. The quantitative estimate of drug-likeness (QED) is 0.284. The monoisotopic (exact) mass is 461 g/mol. The van der Waals surface area contributed by atoms with E-state index in [0.717, 1.165) is 22.0 Å². The van der Waals surface area contributed by atoms with Gasteiger partial charge in [0.15, 0.2) is 13.9 Å². The first kappa shape index (κ1) is 21.1. The fourth-order valence-corrected chi connectivity index (χ4v) is 4.25. The second kappa shape index (κ2) is 8.39. The van der Waals surface area contributed by atoms with E-state index in [9.17, 15) is 0 Å². The highest BCUT2D eigenvalue weighted by Gasteiger charge is 2.39. The molecule has 3 rings (SSSR count). The number of halogens is 1. The van der Waals surface area contributed by atoms with Crippen molar-refractivity contribution in [3.05, 3.63) is 59.7 Å². The summed E-state index contributed by atoms with van der Waals surface area (Å²) >= 11 is 3.50. The number of alkyl halides is 1. The maximum absolute atomic E-state index is 6.69. The molecule has 0 aliphatic carbocycles. The lowest BCUT2D eigenvalue weighted by molar-refractivity contribution is 0.0975. The second-order valence-electron chi connectivity index (χ2n) is 8.50. The van der Waals surface area contributed by atoms with E-state index in [2.05, 4.69) is 79.0 Å². The molecule has 2 aromatic carbocycles.